The van der Waals surface area contributed by atoms with Crippen LogP contribution in [-0.2, 0) is 6.42 Å². The van der Waals surface area contributed by atoms with Crippen LogP contribution in [0.3, 0.4) is 0 Å². The second kappa shape index (κ2) is 6.49. The lowest BCUT2D eigenvalue weighted by atomic mass is 9.99. The predicted octanol–water partition coefficient (Wildman–Crippen LogP) is 4.00. The summed E-state index contributed by atoms with van der Waals surface area (Å²) >= 11 is 0. The van der Waals surface area contributed by atoms with Gasteiger partial charge in [0, 0.05) is 12.0 Å². The zero-order chi connectivity index (χ0) is 18.1. The fourth-order valence-corrected chi connectivity index (χ4v) is 3.31. The summed E-state index contributed by atoms with van der Waals surface area (Å²) in [4.78, 5) is 8.17. The Balaban J connectivity index is 1.54. The van der Waals surface area contributed by atoms with E-state index in [9.17, 15) is 0 Å². The van der Waals surface area contributed by atoms with Gasteiger partial charge in [0.2, 0.25) is 5.82 Å². The lowest BCUT2D eigenvalue weighted by Crippen LogP contribution is -1.89. The Morgan fingerprint density at radius 2 is 1.63 bits per heavy atom. The Hall–Kier alpha value is -3.80. The molecule has 0 bridgehead atoms. The van der Waals surface area contributed by atoms with Gasteiger partial charge in [0.15, 0.2) is 0 Å². The molecule has 3 aromatic carbocycles. The predicted molar refractivity (Wildman–Crippen MR) is 104 cm³/mol. The molecule has 0 amide bonds. The lowest BCUT2D eigenvalue weighted by molar-refractivity contribution is 0.881. The second-order valence-electron chi connectivity index (χ2n) is 6.36. The number of benzene rings is 3. The normalized spacial score (nSPS) is 11.1. The molecule has 130 valence electrons. The molecule has 5 rings (SSSR count). The van der Waals surface area contributed by atoms with Crippen molar-refractivity contribution in [3.63, 3.8) is 0 Å². The van der Waals surface area contributed by atoms with Crippen LogP contribution in [0.1, 0.15) is 11.4 Å². The van der Waals surface area contributed by atoms with Crippen LogP contribution in [0.4, 0.5) is 0 Å². The van der Waals surface area contributed by atoms with Crippen LogP contribution >= 0.6 is 0 Å². The summed E-state index contributed by atoms with van der Waals surface area (Å²) in [7, 11) is 0. The summed E-state index contributed by atoms with van der Waals surface area (Å²) in [5.41, 5.74) is 6.29. The average Bonchev–Trinajstić information content (AvgIpc) is 3.38. The Labute approximate surface area is 155 Å². The molecule has 0 spiro atoms. The molecular formula is C21H16N6. The fourth-order valence-electron chi connectivity index (χ4n) is 3.31. The molecule has 6 heteroatoms. The van der Waals surface area contributed by atoms with Gasteiger partial charge in [0.05, 0.1) is 11.0 Å². The van der Waals surface area contributed by atoms with E-state index in [4.69, 9.17) is 4.98 Å². The number of H-pyrrole nitrogens is 2. The molecule has 2 heterocycles. The Morgan fingerprint density at radius 3 is 2.44 bits per heavy atom. The minimum absolute atomic E-state index is 0.583. The number of hydrogen-bond donors (Lipinski definition) is 2. The van der Waals surface area contributed by atoms with Crippen molar-refractivity contribution < 1.29 is 0 Å². The molecule has 0 unspecified atom stereocenters. The Bertz CT molecular complexity index is 1190. The van der Waals surface area contributed by atoms with Crippen molar-refractivity contribution in [3.05, 3.63) is 84.2 Å². The molecule has 2 aromatic heterocycles. The zero-order valence-corrected chi connectivity index (χ0v) is 14.4. The van der Waals surface area contributed by atoms with Crippen molar-refractivity contribution in [1.29, 1.82) is 0 Å². The highest BCUT2D eigenvalue weighted by Crippen LogP contribution is 2.31. The molecule has 5 aromatic rings. The topological polar surface area (TPSA) is 83.1 Å². The Morgan fingerprint density at radius 1 is 0.815 bits per heavy atom. The smallest absolute Gasteiger partial charge is 0.205 e. The fraction of sp³-hybridized carbons (Fsp3) is 0.0476. The molecule has 6 nitrogen and oxygen atoms in total. The monoisotopic (exact) mass is 352 g/mol. The SMILES string of the molecule is c1ccc(Cc2nc3ccc(-c4ccccc4-c4nn[nH]n4)cc3[nH]2)cc1. The number of nitrogens with one attached hydrogen (secondary N) is 2. The van der Waals surface area contributed by atoms with E-state index in [1.807, 2.05) is 42.5 Å². The van der Waals surface area contributed by atoms with Gasteiger partial charge in [-0.05, 0) is 34.0 Å². The van der Waals surface area contributed by atoms with Crippen molar-refractivity contribution in [1.82, 2.24) is 30.6 Å². The summed E-state index contributed by atoms with van der Waals surface area (Å²) in [6, 6.07) is 24.6. The van der Waals surface area contributed by atoms with E-state index >= 15 is 0 Å². The average molecular weight is 352 g/mol. The van der Waals surface area contributed by atoms with E-state index in [1.54, 1.807) is 0 Å². The molecule has 27 heavy (non-hydrogen) atoms. The van der Waals surface area contributed by atoms with E-state index in [1.165, 1.54) is 5.56 Å². The first kappa shape index (κ1) is 15.5. The van der Waals surface area contributed by atoms with Crippen LogP contribution < -0.4 is 0 Å². The third-order valence-corrected chi connectivity index (χ3v) is 4.57. The van der Waals surface area contributed by atoms with Crippen molar-refractivity contribution in [2.45, 2.75) is 6.42 Å². The molecule has 0 aliphatic heterocycles. The number of aromatic amines is 2. The summed E-state index contributed by atoms with van der Waals surface area (Å²) < 4.78 is 0. The van der Waals surface area contributed by atoms with E-state index in [2.05, 4.69) is 55.9 Å². The first-order chi connectivity index (χ1) is 13.4. The third kappa shape index (κ3) is 2.97. The van der Waals surface area contributed by atoms with Crippen molar-refractivity contribution in [3.8, 4) is 22.5 Å². The molecule has 0 fully saturated rings. The number of imidazole rings is 1. The molecule has 0 saturated carbocycles. The largest absolute Gasteiger partial charge is 0.342 e. The van der Waals surface area contributed by atoms with Gasteiger partial charge in [-0.1, -0.05) is 60.7 Å². The number of nitrogens with zero attached hydrogens (tertiary/aromatic N) is 4. The zero-order valence-electron chi connectivity index (χ0n) is 14.4. The summed E-state index contributed by atoms with van der Waals surface area (Å²) in [5, 5.41) is 14.4. The quantitative estimate of drug-likeness (QED) is 0.512. The van der Waals surface area contributed by atoms with Crippen LogP contribution in [0, 0.1) is 0 Å². The number of tetrazole rings is 1. The van der Waals surface area contributed by atoms with Gasteiger partial charge in [-0.15, -0.1) is 10.2 Å². The lowest BCUT2D eigenvalue weighted by Gasteiger charge is -2.06. The van der Waals surface area contributed by atoms with Gasteiger partial charge < -0.3 is 4.98 Å². The second-order valence-corrected chi connectivity index (χ2v) is 6.36. The van der Waals surface area contributed by atoms with Crippen molar-refractivity contribution in [2.24, 2.45) is 0 Å². The summed E-state index contributed by atoms with van der Waals surface area (Å²) in [6.07, 6.45) is 0.782. The molecular weight excluding hydrogens is 336 g/mol. The maximum absolute atomic E-state index is 4.72. The van der Waals surface area contributed by atoms with Gasteiger partial charge in [-0.3, -0.25) is 0 Å². The number of fused-ring (bicyclic) bond motifs is 1. The van der Waals surface area contributed by atoms with Crippen LogP contribution in [0.25, 0.3) is 33.5 Å². The van der Waals surface area contributed by atoms with Gasteiger partial charge in [-0.25, -0.2) is 4.98 Å². The van der Waals surface area contributed by atoms with E-state index in [0.717, 1.165) is 40.0 Å². The standard InChI is InChI=1S/C21H16N6/c1-2-6-14(7-3-1)12-20-22-18-11-10-15(13-19(18)23-20)16-8-4-5-9-17(16)21-24-26-27-25-21/h1-11,13H,12H2,(H,22,23)(H,24,25,26,27). The minimum Gasteiger partial charge on any atom is -0.342 e. The first-order valence-corrected chi connectivity index (χ1v) is 8.72. The van der Waals surface area contributed by atoms with E-state index in [0.29, 0.717) is 5.82 Å². The molecule has 0 aliphatic rings. The molecule has 0 atom stereocenters. The molecule has 0 saturated heterocycles. The van der Waals surface area contributed by atoms with Crippen LogP contribution in [0.5, 0.6) is 0 Å². The van der Waals surface area contributed by atoms with Gasteiger partial charge in [0.25, 0.3) is 0 Å². The summed E-state index contributed by atoms with van der Waals surface area (Å²) in [5.74, 6) is 1.54. The first-order valence-electron chi connectivity index (χ1n) is 8.72. The minimum atomic E-state index is 0.583. The van der Waals surface area contributed by atoms with E-state index < -0.39 is 0 Å². The van der Waals surface area contributed by atoms with Gasteiger partial charge in [0.1, 0.15) is 5.82 Å². The van der Waals surface area contributed by atoms with Crippen molar-refractivity contribution in [2.75, 3.05) is 0 Å². The van der Waals surface area contributed by atoms with Crippen molar-refractivity contribution >= 4 is 11.0 Å². The summed E-state index contributed by atoms with van der Waals surface area (Å²) in [6.45, 7) is 0. The van der Waals surface area contributed by atoms with Crippen LogP contribution in [-0.4, -0.2) is 30.6 Å². The van der Waals surface area contributed by atoms with Gasteiger partial charge in [-0.2, -0.15) is 5.21 Å². The molecule has 0 aliphatic carbocycles. The van der Waals surface area contributed by atoms with Crippen LogP contribution in [0.2, 0.25) is 0 Å². The highest BCUT2D eigenvalue weighted by Gasteiger charge is 2.12. The maximum atomic E-state index is 4.72. The molecule has 0 radical (unpaired) electrons. The number of aromatic nitrogens is 6. The van der Waals surface area contributed by atoms with E-state index in [-0.39, 0.29) is 0 Å². The highest BCUT2D eigenvalue weighted by atomic mass is 15.5. The number of rotatable bonds is 4. The Kier molecular flexibility index (Phi) is 3.72. The van der Waals surface area contributed by atoms with Crippen LogP contribution in [0.15, 0.2) is 72.8 Å². The highest BCUT2D eigenvalue weighted by molar-refractivity contribution is 5.87. The third-order valence-electron chi connectivity index (χ3n) is 4.57. The molecule has 2 N–H and O–H groups in total. The van der Waals surface area contributed by atoms with Gasteiger partial charge >= 0.3 is 0 Å². The maximum Gasteiger partial charge on any atom is 0.205 e. The number of hydrogen-bond acceptors (Lipinski definition) is 4.